The first-order chi connectivity index (χ1) is 6.19. The highest BCUT2D eigenvalue weighted by atomic mass is 16.5. The van der Waals surface area contributed by atoms with Crippen molar-refractivity contribution in [3.05, 3.63) is 23.5 Å². The van der Waals surface area contributed by atoms with Gasteiger partial charge in [0.1, 0.15) is 11.8 Å². The molecule has 0 amide bonds. The van der Waals surface area contributed by atoms with Crippen LogP contribution < -0.4 is 5.73 Å². The smallest absolute Gasteiger partial charge is 0.340 e. The van der Waals surface area contributed by atoms with Crippen molar-refractivity contribution in [2.75, 3.05) is 12.8 Å². The Morgan fingerprint density at radius 3 is 3.00 bits per heavy atom. The van der Waals surface area contributed by atoms with E-state index < -0.39 is 5.97 Å². The highest BCUT2D eigenvalue weighted by Gasteiger charge is 2.10. The van der Waals surface area contributed by atoms with Crippen LogP contribution in [0.5, 0.6) is 0 Å². The van der Waals surface area contributed by atoms with Gasteiger partial charge in [0, 0.05) is 0 Å². The van der Waals surface area contributed by atoms with Gasteiger partial charge >= 0.3 is 5.97 Å². The number of hydrogen-bond donors (Lipinski definition) is 1. The molecule has 1 rings (SSSR count). The molecule has 66 valence electrons. The average Bonchev–Trinajstić information content (AvgIpc) is 2.17. The van der Waals surface area contributed by atoms with Gasteiger partial charge in [0.25, 0.3) is 0 Å². The first-order valence-corrected chi connectivity index (χ1v) is 3.43. The third kappa shape index (κ3) is 1.73. The van der Waals surface area contributed by atoms with Gasteiger partial charge in [-0.1, -0.05) is 0 Å². The molecule has 1 aromatic rings. The zero-order valence-electron chi connectivity index (χ0n) is 6.94. The molecule has 13 heavy (non-hydrogen) atoms. The van der Waals surface area contributed by atoms with Crippen LogP contribution in [-0.2, 0) is 4.74 Å². The molecule has 0 saturated carbocycles. The Morgan fingerprint density at radius 1 is 1.77 bits per heavy atom. The lowest BCUT2D eigenvalue weighted by Crippen LogP contribution is -2.06. The zero-order valence-corrected chi connectivity index (χ0v) is 6.94. The number of esters is 1. The van der Waals surface area contributed by atoms with Crippen LogP contribution in [0.25, 0.3) is 0 Å². The summed E-state index contributed by atoms with van der Waals surface area (Å²) in [6, 6.07) is 3.09. The summed E-state index contributed by atoms with van der Waals surface area (Å²) in [6.07, 6.45) is 1.25. The van der Waals surface area contributed by atoms with Gasteiger partial charge in [-0.15, -0.1) is 0 Å². The Bertz CT molecular complexity index is 381. The Balaban J connectivity index is 3.20. The fourth-order valence-electron chi connectivity index (χ4n) is 0.814. The molecular formula is C8H7N3O2. The van der Waals surface area contributed by atoms with E-state index in [-0.39, 0.29) is 16.9 Å². The van der Waals surface area contributed by atoms with Crippen molar-refractivity contribution in [3.63, 3.8) is 0 Å². The number of carbonyl (C=O) groups excluding carboxylic acids is 1. The normalized spacial score (nSPS) is 8.92. The van der Waals surface area contributed by atoms with Gasteiger partial charge in [-0.2, -0.15) is 5.26 Å². The topological polar surface area (TPSA) is 89.0 Å². The summed E-state index contributed by atoms with van der Waals surface area (Å²) in [5.41, 5.74) is 5.94. The maximum atomic E-state index is 11.1. The van der Waals surface area contributed by atoms with Crippen LogP contribution in [-0.4, -0.2) is 18.1 Å². The minimum atomic E-state index is -0.573. The second-order valence-electron chi connectivity index (χ2n) is 2.26. The summed E-state index contributed by atoms with van der Waals surface area (Å²) < 4.78 is 4.46. The zero-order chi connectivity index (χ0) is 9.84. The molecule has 5 heteroatoms. The number of nitrogen functional groups attached to an aromatic ring is 1. The Hall–Kier alpha value is -2.09. The fourth-order valence-corrected chi connectivity index (χ4v) is 0.814. The van der Waals surface area contributed by atoms with Crippen LogP contribution in [0.4, 0.5) is 5.69 Å². The molecule has 0 aliphatic rings. The molecule has 0 unspecified atom stereocenters. The van der Waals surface area contributed by atoms with Gasteiger partial charge in [0.2, 0.25) is 0 Å². The standard InChI is InChI=1S/C8H7N3O2/c1-13-8(12)6-2-5(3-9)11-4-7(6)10/h2,4H,10H2,1H3. The number of hydrogen-bond acceptors (Lipinski definition) is 5. The van der Waals surface area contributed by atoms with E-state index in [1.807, 2.05) is 0 Å². The summed E-state index contributed by atoms with van der Waals surface area (Å²) >= 11 is 0. The molecule has 0 aromatic carbocycles. The summed E-state index contributed by atoms with van der Waals surface area (Å²) in [4.78, 5) is 14.7. The molecule has 2 N–H and O–H groups in total. The van der Waals surface area contributed by atoms with Crippen molar-refractivity contribution in [1.82, 2.24) is 4.98 Å². The van der Waals surface area contributed by atoms with Gasteiger partial charge in [0.15, 0.2) is 0 Å². The van der Waals surface area contributed by atoms with Crippen LogP contribution in [0.3, 0.4) is 0 Å². The van der Waals surface area contributed by atoms with E-state index in [1.54, 1.807) is 6.07 Å². The number of nitrogens with zero attached hydrogens (tertiary/aromatic N) is 2. The monoisotopic (exact) mass is 177 g/mol. The molecule has 1 heterocycles. The van der Waals surface area contributed by atoms with Gasteiger partial charge < -0.3 is 10.5 Å². The number of pyridine rings is 1. The SMILES string of the molecule is COC(=O)c1cc(C#N)ncc1N. The van der Waals surface area contributed by atoms with Gasteiger partial charge in [-0.25, -0.2) is 9.78 Å². The Labute approximate surface area is 74.8 Å². The molecule has 0 spiro atoms. The molecule has 0 fully saturated rings. The minimum absolute atomic E-state index is 0.134. The van der Waals surface area contributed by atoms with Crippen LogP contribution >= 0.6 is 0 Å². The van der Waals surface area contributed by atoms with Crippen molar-refractivity contribution >= 4 is 11.7 Å². The van der Waals surface area contributed by atoms with Crippen molar-refractivity contribution in [1.29, 1.82) is 5.26 Å². The maximum absolute atomic E-state index is 11.1. The average molecular weight is 177 g/mol. The third-order valence-corrected chi connectivity index (χ3v) is 1.45. The summed E-state index contributed by atoms with van der Waals surface area (Å²) in [5, 5.41) is 8.50. The maximum Gasteiger partial charge on any atom is 0.340 e. The van der Waals surface area contributed by atoms with Crippen molar-refractivity contribution in [2.24, 2.45) is 0 Å². The molecule has 5 nitrogen and oxygen atoms in total. The van der Waals surface area contributed by atoms with Crippen LogP contribution in [0.15, 0.2) is 12.3 Å². The van der Waals surface area contributed by atoms with Gasteiger partial charge in [-0.3, -0.25) is 0 Å². The number of nitrogens with two attached hydrogens (primary N) is 1. The van der Waals surface area contributed by atoms with E-state index in [1.165, 1.54) is 19.4 Å². The summed E-state index contributed by atoms with van der Waals surface area (Å²) in [5.74, 6) is -0.573. The van der Waals surface area contributed by atoms with E-state index in [0.717, 1.165) is 0 Å². The fraction of sp³-hybridized carbons (Fsp3) is 0.125. The van der Waals surface area contributed by atoms with Crippen LogP contribution in [0.1, 0.15) is 16.1 Å². The quantitative estimate of drug-likeness (QED) is 0.624. The minimum Gasteiger partial charge on any atom is -0.465 e. The largest absolute Gasteiger partial charge is 0.465 e. The van der Waals surface area contributed by atoms with Crippen molar-refractivity contribution in [2.45, 2.75) is 0 Å². The predicted octanol–water partition coefficient (Wildman–Crippen LogP) is 0.322. The second kappa shape index (κ2) is 3.54. The molecule has 0 aliphatic heterocycles. The van der Waals surface area contributed by atoms with Crippen LogP contribution in [0.2, 0.25) is 0 Å². The van der Waals surface area contributed by atoms with Gasteiger partial charge in [0.05, 0.1) is 24.6 Å². The van der Waals surface area contributed by atoms with Crippen molar-refractivity contribution in [3.8, 4) is 6.07 Å². The summed E-state index contributed by atoms with van der Waals surface area (Å²) in [7, 11) is 1.24. The highest BCUT2D eigenvalue weighted by molar-refractivity contribution is 5.94. The molecule has 0 atom stereocenters. The lowest BCUT2D eigenvalue weighted by atomic mass is 10.2. The third-order valence-electron chi connectivity index (χ3n) is 1.45. The molecule has 0 radical (unpaired) electrons. The van der Waals surface area contributed by atoms with Crippen LogP contribution in [0, 0.1) is 11.3 Å². The van der Waals surface area contributed by atoms with E-state index in [2.05, 4.69) is 9.72 Å². The first-order valence-electron chi connectivity index (χ1n) is 3.43. The van der Waals surface area contributed by atoms with Gasteiger partial charge in [-0.05, 0) is 6.07 Å². The molecule has 1 aromatic heterocycles. The number of aromatic nitrogens is 1. The highest BCUT2D eigenvalue weighted by Crippen LogP contribution is 2.11. The Kier molecular flexibility index (Phi) is 2.45. The number of anilines is 1. The van der Waals surface area contributed by atoms with E-state index in [9.17, 15) is 4.79 Å². The molecule has 0 saturated heterocycles. The number of nitriles is 1. The first kappa shape index (κ1) is 9.00. The molecular weight excluding hydrogens is 170 g/mol. The lowest BCUT2D eigenvalue weighted by Gasteiger charge is -2.01. The number of rotatable bonds is 1. The number of methoxy groups -OCH3 is 1. The number of ether oxygens (including phenoxy) is 1. The lowest BCUT2D eigenvalue weighted by molar-refractivity contribution is 0.0602. The van der Waals surface area contributed by atoms with E-state index >= 15 is 0 Å². The Morgan fingerprint density at radius 2 is 2.46 bits per heavy atom. The predicted molar refractivity (Wildman–Crippen MR) is 44.7 cm³/mol. The summed E-state index contributed by atoms with van der Waals surface area (Å²) in [6.45, 7) is 0. The van der Waals surface area contributed by atoms with E-state index in [0.29, 0.717) is 0 Å². The molecule has 0 bridgehead atoms. The van der Waals surface area contributed by atoms with E-state index in [4.69, 9.17) is 11.0 Å². The van der Waals surface area contributed by atoms with Crippen molar-refractivity contribution < 1.29 is 9.53 Å². The molecule has 0 aliphatic carbocycles. The second-order valence-corrected chi connectivity index (χ2v) is 2.26. The number of carbonyl (C=O) groups is 1.